The highest BCUT2D eigenvalue weighted by Gasteiger charge is 2.25. The van der Waals surface area contributed by atoms with E-state index in [0.29, 0.717) is 36.5 Å². The van der Waals surface area contributed by atoms with Crippen LogP contribution in [0.5, 0.6) is 11.5 Å². The standard InChI is InChI=1S/C15H19NO3/c1-10-3-2-4-12(10)16-15(17)11-5-6-13-14(9-11)19-8-7-18-13/h5-6,9-10,12H,2-4,7-8H2,1H3,(H,16,17). The molecule has 1 fully saturated rings. The molecule has 1 amide bonds. The van der Waals surface area contributed by atoms with Gasteiger partial charge in [-0.25, -0.2) is 0 Å². The van der Waals surface area contributed by atoms with E-state index in [9.17, 15) is 4.79 Å². The fraction of sp³-hybridized carbons (Fsp3) is 0.533. The van der Waals surface area contributed by atoms with Crippen molar-refractivity contribution in [3.05, 3.63) is 23.8 Å². The average Bonchev–Trinajstić information content (AvgIpc) is 2.84. The van der Waals surface area contributed by atoms with Crippen LogP contribution in [0.1, 0.15) is 36.5 Å². The fourth-order valence-electron chi connectivity index (χ4n) is 2.80. The van der Waals surface area contributed by atoms with E-state index in [-0.39, 0.29) is 5.91 Å². The normalized spacial score (nSPS) is 25.1. The quantitative estimate of drug-likeness (QED) is 0.889. The van der Waals surface area contributed by atoms with Gasteiger partial charge in [0, 0.05) is 11.6 Å². The van der Waals surface area contributed by atoms with Gasteiger partial charge < -0.3 is 14.8 Å². The van der Waals surface area contributed by atoms with Gasteiger partial charge in [0.2, 0.25) is 0 Å². The van der Waals surface area contributed by atoms with Crippen LogP contribution in [0.4, 0.5) is 0 Å². The first-order chi connectivity index (χ1) is 9.24. The molecular weight excluding hydrogens is 242 g/mol. The molecule has 2 atom stereocenters. The van der Waals surface area contributed by atoms with Gasteiger partial charge in [-0.3, -0.25) is 4.79 Å². The molecule has 0 spiro atoms. The Morgan fingerprint density at radius 3 is 2.74 bits per heavy atom. The first kappa shape index (κ1) is 12.3. The van der Waals surface area contributed by atoms with Crippen molar-refractivity contribution in [2.45, 2.75) is 32.2 Å². The Morgan fingerprint density at radius 1 is 1.21 bits per heavy atom. The van der Waals surface area contributed by atoms with Crippen molar-refractivity contribution >= 4 is 5.91 Å². The third kappa shape index (κ3) is 2.53. The van der Waals surface area contributed by atoms with Gasteiger partial charge in [0.05, 0.1) is 0 Å². The summed E-state index contributed by atoms with van der Waals surface area (Å²) in [6, 6.07) is 5.67. The number of nitrogens with one attached hydrogen (secondary N) is 1. The van der Waals surface area contributed by atoms with E-state index >= 15 is 0 Å². The number of carbonyl (C=O) groups excluding carboxylic acids is 1. The van der Waals surface area contributed by atoms with Crippen LogP contribution in [0, 0.1) is 5.92 Å². The molecule has 1 aromatic rings. The maximum Gasteiger partial charge on any atom is 0.251 e. The second kappa shape index (κ2) is 5.11. The number of amides is 1. The highest BCUT2D eigenvalue weighted by Crippen LogP contribution is 2.31. The lowest BCUT2D eigenvalue weighted by atomic mass is 10.1. The van der Waals surface area contributed by atoms with Gasteiger partial charge in [0.1, 0.15) is 13.2 Å². The Bertz CT molecular complexity index is 486. The average molecular weight is 261 g/mol. The van der Waals surface area contributed by atoms with Crippen LogP contribution < -0.4 is 14.8 Å². The summed E-state index contributed by atoms with van der Waals surface area (Å²) >= 11 is 0. The summed E-state index contributed by atoms with van der Waals surface area (Å²) in [7, 11) is 0. The minimum Gasteiger partial charge on any atom is -0.486 e. The molecule has 1 heterocycles. The predicted molar refractivity (Wildman–Crippen MR) is 71.7 cm³/mol. The van der Waals surface area contributed by atoms with E-state index in [1.165, 1.54) is 12.8 Å². The summed E-state index contributed by atoms with van der Waals surface area (Å²) in [4.78, 5) is 12.2. The SMILES string of the molecule is CC1CCCC1NC(=O)c1ccc2c(c1)OCCO2. The summed E-state index contributed by atoms with van der Waals surface area (Å²) in [5.41, 5.74) is 0.642. The number of hydrogen-bond acceptors (Lipinski definition) is 3. The molecule has 1 aliphatic carbocycles. The number of hydrogen-bond donors (Lipinski definition) is 1. The predicted octanol–water partition coefficient (Wildman–Crippen LogP) is 2.38. The monoisotopic (exact) mass is 261 g/mol. The van der Waals surface area contributed by atoms with Gasteiger partial charge in [-0.1, -0.05) is 13.3 Å². The second-order valence-corrected chi connectivity index (χ2v) is 5.35. The zero-order chi connectivity index (χ0) is 13.2. The van der Waals surface area contributed by atoms with Crippen molar-refractivity contribution in [2.75, 3.05) is 13.2 Å². The zero-order valence-corrected chi connectivity index (χ0v) is 11.1. The molecule has 2 unspecified atom stereocenters. The Kier molecular flexibility index (Phi) is 3.32. The molecule has 1 saturated carbocycles. The van der Waals surface area contributed by atoms with Crippen LogP contribution in [0.3, 0.4) is 0 Å². The zero-order valence-electron chi connectivity index (χ0n) is 11.1. The van der Waals surface area contributed by atoms with E-state index in [2.05, 4.69) is 12.2 Å². The first-order valence-electron chi connectivity index (χ1n) is 6.94. The minimum atomic E-state index is -0.0178. The first-order valence-corrected chi connectivity index (χ1v) is 6.94. The number of fused-ring (bicyclic) bond motifs is 1. The van der Waals surface area contributed by atoms with E-state index < -0.39 is 0 Å². The second-order valence-electron chi connectivity index (χ2n) is 5.35. The molecule has 1 N–H and O–H groups in total. The molecular formula is C15H19NO3. The van der Waals surface area contributed by atoms with Crippen molar-refractivity contribution in [1.29, 1.82) is 0 Å². The molecule has 2 aliphatic rings. The molecule has 0 radical (unpaired) electrons. The van der Waals surface area contributed by atoms with Crippen LogP contribution in [0.15, 0.2) is 18.2 Å². The van der Waals surface area contributed by atoms with E-state index in [4.69, 9.17) is 9.47 Å². The Labute approximate surface area is 113 Å². The van der Waals surface area contributed by atoms with Gasteiger partial charge in [-0.2, -0.15) is 0 Å². The van der Waals surface area contributed by atoms with Crippen molar-refractivity contribution in [1.82, 2.24) is 5.32 Å². The van der Waals surface area contributed by atoms with E-state index in [1.54, 1.807) is 12.1 Å². The number of ether oxygens (including phenoxy) is 2. The summed E-state index contributed by atoms with van der Waals surface area (Å²) in [5.74, 6) is 1.94. The highest BCUT2D eigenvalue weighted by molar-refractivity contribution is 5.95. The molecule has 19 heavy (non-hydrogen) atoms. The maximum absolute atomic E-state index is 12.2. The Morgan fingerprint density at radius 2 is 2.00 bits per heavy atom. The fourth-order valence-corrected chi connectivity index (χ4v) is 2.80. The molecule has 1 aliphatic heterocycles. The summed E-state index contributed by atoms with van der Waals surface area (Å²) in [6.45, 7) is 3.30. The third-order valence-corrected chi connectivity index (χ3v) is 3.98. The van der Waals surface area contributed by atoms with Gasteiger partial charge in [0.15, 0.2) is 11.5 Å². The maximum atomic E-state index is 12.2. The van der Waals surface area contributed by atoms with Crippen LogP contribution in [0.25, 0.3) is 0 Å². The molecule has 0 aromatic heterocycles. The number of rotatable bonds is 2. The van der Waals surface area contributed by atoms with Crippen LogP contribution in [0.2, 0.25) is 0 Å². The third-order valence-electron chi connectivity index (χ3n) is 3.98. The van der Waals surface area contributed by atoms with Crippen molar-refractivity contribution in [3.8, 4) is 11.5 Å². The van der Waals surface area contributed by atoms with Crippen molar-refractivity contribution in [2.24, 2.45) is 5.92 Å². The molecule has 3 rings (SSSR count). The molecule has 102 valence electrons. The lowest BCUT2D eigenvalue weighted by Gasteiger charge is -2.20. The van der Waals surface area contributed by atoms with Gasteiger partial charge in [-0.05, 0) is 37.0 Å². The molecule has 4 nitrogen and oxygen atoms in total. The van der Waals surface area contributed by atoms with Crippen molar-refractivity contribution < 1.29 is 14.3 Å². The van der Waals surface area contributed by atoms with Gasteiger partial charge in [-0.15, -0.1) is 0 Å². The Hall–Kier alpha value is -1.71. The van der Waals surface area contributed by atoms with Gasteiger partial charge in [0.25, 0.3) is 5.91 Å². The lowest BCUT2D eigenvalue weighted by molar-refractivity contribution is 0.0928. The number of benzene rings is 1. The highest BCUT2D eigenvalue weighted by atomic mass is 16.6. The summed E-state index contributed by atoms with van der Waals surface area (Å²) in [6.07, 6.45) is 3.48. The van der Waals surface area contributed by atoms with Crippen LogP contribution in [-0.4, -0.2) is 25.2 Å². The summed E-state index contributed by atoms with van der Waals surface area (Å²) < 4.78 is 11.0. The van der Waals surface area contributed by atoms with Crippen molar-refractivity contribution in [3.63, 3.8) is 0 Å². The largest absolute Gasteiger partial charge is 0.486 e. The smallest absolute Gasteiger partial charge is 0.251 e. The minimum absolute atomic E-state index is 0.0178. The molecule has 0 saturated heterocycles. The number of carbonyl (C=O) groups is 1. The molecule has 1 aromatic carbocycles. The van der Waals surface area contributed by atoms with Crippen LogP contribution >= 0.6 is 0 Å². The van der Waals surface area contributed by atoms with E-state index in [1.807, 2.05) is 6.07 Å². The molecule has 4 heteroatoms. The lowest BCUT2D eigenvalue weighted by Crippen LogP contribution is -2.36. The Balaban J connectivity index is 1.72. The molecule has 0 bridgehead atoms. The van der Waals surface area contributed by atoms with E-state index in [0.717, 1.165) is 12.2 Å². The summed E-state index contributed by atoms with van der Waals surface area (Å²) in [5, 5.41) is 3.12. The van der Waals surface area contributed by atoms with Gasteiger partial charge >= 0.3 is 0 Å². The topological polar surface area (TPSA) is 47.6 Å². The van der Waals surface area contributed by atoms with Crippen LogP contribution in [-0.2, 0) is 0 Å².